The maximum Gasteiger partial charge on any atom is 0.341 e. The summed E-state index contributed by atoms with van der Waals surface area (Å²) in [5, 5.41) is 19.6. The second-order valence-electron chi connectivity index (χ2n) is 8.69. The van der Waals surface area contributed by atoms with E-state index < -0.39 is 18.5 Å². The maximum atomic E-state index is 12.4. The Balaban J connectivity index is 0.00000320. The normalized spacial score (nSPS) is 14.1. The molecule has 0 fully saturated rings. The number of aromatic carboxylic acids is 1. The summed E-state index contributed by atoms with van der Waals surface area (Å²) in [6, 6.07) is 24.6. The molecule has 37 heavy (non-hydrogen) atoms. The maximum absolute atomic E-state index is 12.4. The molecule has 0 saturated carbocycles. The largest absolute Gasteiger partial charge is 0.482 e. The van der Waals surface area contributed by atoms with Crippen molar-refractivity contribution in [3.8, 4) is 5.75 Å². The first-order valence-corrected chi connectivity index (χ1v) is 11.5. The van der Waals surface area contributed by atoms with E-state index in [-0.39, 0.29) is 18.0 Å². The van der Waals surface area contributed by atoms with E-state index in [0.717, 1.165) is 16.7 Å². The highest BCUT2D eigenvalue weighted by atomic mass is 35.5. The Bertz CT molecular complexity index is 1470. The van der Waals surface area contributed by atoms with Crippen molar-refractivity contribution in [1.29, 1.82) is 0 Å². The number of carbonyl (C=O) groups is 2. The number of aromatic nitrogens is 1. The molecule has 0 bridgehead atoms. The highest BCUT2D eigenvalue weighted by molar-refractivity contribution is 6.06. The van der Waals surface area contributed by atoms with E-state index in [1.54, 1.807) is 18.2 Å². The van der Waals surface area contributed by atoms with Crippen LogP contribution in [0.4, 0.5) is 0 Å². The van der Waals surface area contributed by atoms with Crippen molar-refractivity contribution in [2.24, 2.45) is 0 Å². The van der Waals surface area contributed by atoms with Crippen LogP contribution in [0.1, 0.15) is 32.7 Å². The molecule has 0 spiro atoms. The molecule has 0 saturated heterocycles. The monoisotopic (exact) mass is 516 g/mol. The van der Waals surface area contributed by atoms with Crippen LogP contribution >= 0.6 is 12.4 Å². The van der Waals surface area contributed by atoms with E-state index in [2.05, 4.69) is 17.0 Å². The summed E-state index contributed by atoms with van der Waals surface area (Å²) in [6.45, 7) is 1.34. The summed E-state index contributed by atoms with van der Waals surface area (Å²) >= 11 is 0. The molecule has 0 unspecified atom stereocenters. The van der Waals surface area contributed by atoms with Crippen molar-refractivity contribution in [3.63, 3.8) is 0 Å². The van der Waals surface area contributed by atoms with Gasteiger partial charge in [-0.25, -0.2) is 14.6 Å². The van der Waals surface area contributed by atoms with Gasteiger partial charge in [0.05, 0.1) is 16.8 Å². The van der Waals surface area contributed by atoms with E-state index in [1.165, 1.54) is 0 Å². The van der Waals surface area contributed by atoms with Crippen LogP contribution in [0.25, 0.3) is 22.6 Å². The lowest BCUT2D eigenvalue weighted by atomic mass is 9.91. The molecular weight excluding hydrogens is 492 g/mol. The lowest BCUT2D eigenvalue weighted by Crippen LogP contribution is -2.31. The van der Waals surface area contributed by atoms with E-state index in [0.29, 0.717) is 47.5 Å². The molecule has 3 aromatic carbocycles. The molecule has 5 rings (SSSR count). The van der Waals surface area contributed by atoms with Gasteiger partial charge in [0.2, 0.25) is 0 Å². The highest BCUT2D eigenvalue weighted by Gasteiger charge is 2.28. The summed E-state index contributed by atoms with van der Waals surface area (Å²) in [4.78, 5) is 30.3. The Labute approximate surface area is 220 Å². The van der Waals surface area contributed by atoms with Crippen LogP contribution in [0, 0.1) is 0 Å². The van der Waals surface area contributed by atoms with E-state index >= 15 is 0 Å². The summed E-state index contributed by atoms with van der Waals surface area (Å²) in [5.74, 6) is -1.54. The van der Waals surface area contributed by atoms with Gasteiger partial charge in [-0.1, -0.05) is 60.7 Å². The molecule has 4 aromatic rings. The Hall–Kier alpha value is -4.20. The summed E-state index contributed by atoms with van der Waals surface area (Å²) in [6.07, 6.45) is 2.00. The lowest BCUT2D eigenvalue weighted by molar-refractivity contribution is -0.139. The Morgan fingerprint density at radius 1 is 0.919 bits per heavy atom. The molecule has 1 aromatic heterocycles. The third kappa shape index (κ3) is 5.80. The van der Waals surface area contributed by atoms with Crippen molar-refractivity contribution in [3.05, 3.63) is 107 Å². The fourth-order valence-electron chi connectivity index (χ4n) is 4.58. The first kappa shape index (κ1) is 25.9. The average Bonchev–Trinajstić information content (AvgIpc) is 2.87. The van der Waals surface area contributed by atoms with Crippen molar-refractivity contribution < 1.29 is 24.5 Å². The molecule has 188 valence electrons. The van der Waals surface area contributed by atoms with Crippen LogP contribution in [0.3, 0.4) is 0 Å². The summed E-state index contributed by atoms with van der Waals surface area (Å²) < 4.78 is 5.24. The Morgan fingerprint density at radius 3 is 2.32 bits per heavy atom. The van der Waals surface area contributed by atoms with Gasteiger partial charge in [-0.05, 0) is 41.0 Å². The second kappa shape index (κ2) is 11.2. The number of carboxylic acid groups (broad SMARTS) is 2. The first-order valence-electron chi connectivity index (χ1n) is 11.5. The van der Waals surface area contributed by atoms with Crippen LogP contribution in [0.2, 0.25) is 0 Å². The number of fused-ring (bicyclic) bond motifs is 2. The minimum absolute atomic E-state index is 0. The number of pyridine rings is 1. The van der Waals surface area contributed by atoms with Crippen LogP contribution in [0.15, 0.2) is 78.9 Å². The molecule has 1 aliphatic heterocycles. The molecule has 0 atom stereocenters. The number of para-hydroxylation sites is 1. The lowest BCUT2D eigenvalue weighted by Gasteiger charge is -2.31. The number of carboxylic acids is 2. The summed E-state index contributed by atoms with van der Waals surface area (Å²) in [5.41, 5.74) is 5.28. The number of halogens is 1. The first-order chi connectivity index (χ1) is 17.5. The van der Waals surface area contributed by atoms with Crippen LogP contribution in [0.5, 0.6) is 5.75 Å². The standard InChI is InChI=1S/C29H24N2O5.ClH/c32-26(33)18-36-22-12-10-19(11-13-22)14-21-16-31(15-20-6-2-1-3-7-20)17-24-27(29(34)35)23-8-4-5-9-25(23)30-28(21)24;/h1-14H,15-18H2,(H,32,33)(H,34,35);1H/b21-14+;. The zero-order chi connectivity index (χ0) is 25.1. The third-order valence-corrected chi connectivity index (χ3v) is 6.12. The smallest absolute Gasteiger partial charge is 0.341 e. The third-order valence-electron chi connectivity index (χ3n) is 6.12. The van der Waals surface area contributed by atoms with Crippen LogP contribution in [-0.4, -0.2) is 45.2 Å². The SMILES string of the molecule is Cl.O=C(O)COc1ccc(/C=C2\CN(Cc3ccccc3)Cc3c2nc2ccccc2c3C(=O)O)cc1. The number of nitrogens with zero attached hydrogens (tertiary/aromatic N) is 2. The van der Waals surface area contributed by atoms with Gasteiger partial charge in [-0.15, -0.1) is 12.4 Å². The van der Waals surface area contributed by atoms with Gasteiger partial charge in [0.25, 0.3) is 0 Å². The Morgan fingerprint density at radius 2 is 1.62 bits per heavy atom. The fraction of sp³-hybridized carbons (Fsp3) is 0.138. The minimum atomic E-state index is -1.04. The number of hydrogen-bond acceptors (Lipinski definition) is 5. The van der Waals surface area contributed by atoms with Gasteiger partial charge in [0, 0.05) is 30.6 Å². The number of benzene rings is 3. The van der Waals surface area contributed by atoms with Gasteiger partial charge in [-0.2, -0.15) is 0 Å². The van der Waals surface area contributed by atoms with Crippen molar-refractivity contribution >= 4 is 46.9 Å². The topological polar surface area (TPSA) is 100.0 Å². The van der Waals surface area contributed by atoms with Crippen molar-refractivity contribution in [2.75, 3.05) is 13.2 Å². The molecule has 0 aliphatic carbocycles. The fourth-order valence-corrected chi connectivity index (χ4v) is 4.58. The molecule has 7 nitrogen and oxygen atoms in total. The Kier molecular flexibility index (Phi) is 7.86. The molecular formula is C29H25ClN2O5. The number of hydrogen-bond donors (Lipinski definition) is 2. The number of ether oxygens (including phenoxy) is 1. The van der Waals surface area contributed by atoms with Crippen LogP contribution < -0.4 is 4.74 Å². The molecule has 0 radical (unpaired) electrons. The van der Waals surface area contributed by atoms with E-state index in [1.807, 2.05) is 54.6 Å². The van der Waals surface area contributed by atoms with Crippen molar-refractivity contribution in [2.45, 2.75) is 13.1 Å². The van der Waals surface area contributed by atoms with Gasteiger partial charge in [0.15, 0.2) is 6.61 Å². The number of rotatable bonds is 7. The van der Waals surface area contributed by atoms with Crippen molar-refractivity contribution in [1.82, 2.24) is 9.88 Å². The second-order valence-corrected chi connectivity index (χ2v) is 8.69. The zero-order valence-corrected chi connectivity index (χ0v) is 20.6. The van der Waals surface area contributed by atoms with E-state index in [9.17, 15) is 14.7 Å². The molecule has 2 heterocycles. The quantitative estimate of drug-likeness (QED) is 0.340. The van der Waals surface area contributed by atoms with Gasteiger partial charge >= 0.3 is 11.9 Å². The minimum Gasteiger partial charge on any atom is -0.482 e. The molecule has 2 N–H and O–H groups in total. The van der Waals surface area contributed by atoms with Gasteiger partial charge < -0.3 is 14.9 Å². The van der Waals surface area contributed by atoms with Gasteiger partial charge in [-0.3, -0.25) is 4.90 Å². The van der Waals surface area contributed by atoms with Crippen LogP contribution in [-0.2, 0) is 17.9 Å². The van der Waals surface area contributed by atoms with Gasteiger partial charge in [0.1, 0.15) is 5.75 Å². The number of aliphatic carboxylic acids is 1. The average molecular weight is 517 g/mol. The highest BCUT2D eigenvalue weighted by Crippen LogP contribution is 2.34. The zero-order valence-electron chi connectivity index (χ0n) is 19.8. The predicted molar refractivity (Wildman–Crippen MR) is 144 cm³/mol. The summed E-state index contributed by atoms with van der Waals surface area (Å²) in [7, 11) is 0. The predicted octanol–water partition coefficient (Wildman–Crippen LogP) is 5.37. The molecule has 1 aliphatic rings. The van der Waals surface area contributed by atoms with E-state index in [4.69, 9.17) is 14.8 Å². The molecule has 8 heteroatoms. The molecule has 0 amide bonds.